The molecule has 1 fully saturated rings. The second kappa shape index (κ2) is 9.72. The standard InChI is InChI=1S/C24H27F3N2O4/c1-23(2,3)33-22(31)29-11-9-16(10-12-29)17-13-18(24(25,26)27)15-19(14-17)28-21(30)32-20-7-5-4-6-8-20/h4-8,13-16H,9-12H2,1-3H3,(H,28,30). The van der Waals surface area contributed by atoms with Gasteiger partial charge in [0.05, 0.1) is 5.56 Å². The number of piperidine rings is 1. The van der Waals surface area contributed by atoms with Gasteiger partial charge in [-0.25, -0.2) is 9.59 Å². The first-order valence-corrected chi connectivity index (χ1v) is 10.6. The summed E-state index contributed by atoms with van der Waals surface area (Å²) in [6.45, 7) is 6.07. The summed E-state index contributed by atoms with van der Waals surface area (Å²) >= 11 is 0. The number of alkyl halides is 3. The number of nitrogens with one attached hydrogen (secondary N) is 1. The number of carbonyl (C=O) groups excluding carboxylic acids is 2. The Morgan fingerprint density at radius 1 is 1.00 bits per heavy atom. The third-order valence-electron chi connectivity index (χ3n) is 5.10. The molecule has 0 bridgehead atoms. The van der Waals surface area contributed by atoms with Gasteiger partial charge in [-0.15, -0.1) is 0 Å². The average Bonchev–Trinajstić information content (AvgIpc) is 2.72. The molecule has 0 radical (unpaired) electrons. The molecule has 0 saturated carbocycles. The summed E-state index contributed by atoms with van der Waals surface area (Å²) in [5.74, 6) is 0.0772. The van der Waals surface area contributed by atoms with Crippen molar-refractivity contribution in [2.75, 3.05) is 18.4 Å². The first-order chi connectivity index (χ1) is 15.4. The minimum Gasteiger partial charge on any atom is -0.444 e. The minimum atomic E-state index is -4.58. The highest BCUT2D eigenvalue weighted by atomic mass is 19.4. The van der Waals surface area contributed by atoms with Gasteiger partial charge in [0.1, 0.15) is 11.4 Å². The molecular formula is C24H27F3N2O4. The quantitative estimate of drug-likeness (QED) is 0.568. The Bertz CT molecular complexity index is 979. The molecule has 1 aliphatic heterocycles. The molecule has 1 saturated heterocycles. The Hall–Kier alpha value is -3.23. The van der Waals surface area contributed by atoms with Crippen molar-refractivity contribution in [3.63, 3.8) is 0 Å². The van der Waals surface area contributed by atoms with Crippen molar-refractivity contribution in [3.05, 3.63) is 59.7 Å². The lowest BCUT2D eigenvalue weighted by Crippen LogP contribution is -2.41. The Morgan fingerprint density at radius 2 is 1.64 bits per heavy atom. The number of halogens is 3. The molecular weight excluding hydrogens is 437 g/mol. The SMILES string of the molecule is CC(C)(C)OC(=O)N1CCC(c2cc(NC(=O)Oc3ccccc3)cc(C(F)(F)F)c2)CC1. The van der Waals surface area contributed by atoms with E-state index in [2.05, 4.69) is 5.32 Å². The van der Waals surface area contributed by atoms with Gasteiger partial charge in [-0.1, -0.05) is 18.2 Å². The maximum absolute atomic E-state index is 13.5. The zero-order chi connectivity index (χ0) is 24.2. The Kier molecular flexibility index (Phi) is 7.19. The largest absolute Gasteiger partial charge is 0.444 e. The zero-order valence-corrected chi connectivity index (χ0v) is 18.7. The van der Waals surface area contributed by atoms with Gasteiger partial charge in [0, 0.05) is 18.8 Å². The maximum atomic E-state index is 13.5. The summed E-state index contributed by atoms with van der Waals surface area (Å²) in [6.07, 6.45) is -4.93. The van der Waals surface area contributed by atoms with E-state index in [1.807, 2.05) is 0 Å². The number of ether oxygens (including phenoxy) is 2. The van der Waals surface area contributed by atoms with E-state index in [0.717, 1.165) is 12.1 Å². The molecule has 33 heavy (non-hydrogen) atoms. The molecule has 0 atom stereocenters. The van der Waals surface area contributed by atoms with Crippen molar-refractivity contribution < 1.29 is 32.2 Å². The van der Waals surface area contributed by atoms with Gasteiger partial charge < -0.3 is 14.4 Å². The second-order valence-corrected chi connectivity index (χ2v) is 8.91. The molecule has 2 aromatic carbocycles. The summed E-state index contributed by atoms with van der Waals surface area (Å²) in [4.78, 5) is 26.0. The number of likely N-dealkylation sites (tertiary alicyclic amines) is 1. The van der Waals surface area contributed by atoms with Crippen LogP contribution in [0.15, 0.2) is 48.5 Å². The molecule has 2 amide bonds. The van der Waals surface area contributed by atoms with E-state index >= 15 is 0 Å². The first-order valence-electron chi connectivity index (χ1n) is 10.6. The van der Waals surface area contributed by atoms with Crippen molar-refractivity contribution >= 4 is 17.9 Å². The minimum absolute atomic E-state index is 0.00433. The molecule has 0 unspecified atom stereocenters. The molecule has 1 N–H and O–H groups in total. The zero-order valence-electron chi connectivity index (χ0n) is 18.7. The van der Waals surface area contributed by atoms with Crippen molar-refractivity contribution in [2.45, 2.75) is 51.3 Å². The summed E-state index contributed by atoms with van der Waals surface area (Å²) in [5, 5.41) is 2.39. The smallest absolute Gasteiger partial charge is 0.417 e. The molecule has 1 heterocycles. The molecule has 1 aliphatic rings. The van der Waals surface area contributed by atoms with Crippen molar-refractivity contribution in [2.24, 2.45) is 0 Å². The van der Waals surface area contributed by atoms with E-state index < -0.39 is 29.5 Å². The van der Waals surface area contributed by atoms with Gasteiger partial charge in [0.25, 0.3) is 0 Å². The Labute approximate surface area is 190 Å². The van der Waals surface area contributed by atoms with Crippen LogP contribution < -0.4 is 10.1 Å². The lowest BCUT2D eigenvalue weighted by Gasteiger charge is -2.34. The van der Waals surface area contributed by atoms with Crippen LogP contribution in [0.4, 0.5) is 28.4 Å². The topological polar surface area (TPSA) is 67.9 Å². The molecule has 0 aromatic heterocycles. The van der Waals surface area contributed by atoms with Crippen LogP contribution in [0.2, 0.25) is 0 Å². The lowest BCUT2D eigenvalue weighted by molar-refractivity contribution is -0.137. The van der Waals surface area contributed by atoms with Crippen LogP contribution >= 0.6 is 0 Å². The molecule has 178 valence electrons. The fourth-order valence-electron chi connectivity index (χ4n) is 3.58. The van der Waals surface area contributed by atoms with Gasteiger partial charge in [0.15, 0.2) is 0 Å². The molecule has 9 heteroatoms. The molecule has 0 aliphatic carbocycles. The molecule has 3 rings (SSSR count). The second-order valence-electron chi connectivity index (χ2n) is 8.91. The Morgan fingerprint density at radius 3 is 2.21 bits per heavy atom. The molecule has 2 aromatic rings. The van der Waals surface area contributed by atoms with Crippen LogP contribution in [0, 0.1) is 0 Å². The van der Waals surface area contributed by atoms with Crippen LogP contribution in [0.3, 0.4) is 0 Å². The predicted octanol–water partition coefficient (Wildman–Crippen LogP) is 6.43. The lowest BCUT2D eigenvalue weighted by atomic mass is 9.88. The van der Waals surface area contributed by atoms with Gasteiger partial charge in [-0.2, -0.15) is 13.2 Å². The predicted molar refractivity (Wildman–Crippen MR) is 117 cm³/mol. The number of hydrogen-bond acceptors (Lipinski definition) is 4. The third-order valence-corrected chi connectivity index (χ3v) is 5.10. The highest BCUT2D eigenvalue weighted by Gasteiger charge is 2.33. The normalized spacial score (nSPS) is 15.2. The number of anilines is 1. The highest BCUT2D eigenvalue weighted by Crippen LogP contribution is 2.37. The van der Waals surface area contributed by atoms with Crippen molar-refractivity contribution in [3.8, 4) is 5.75 Å². The van der Waals surface area contributed by atoms with Gasteiger partial charge in [0.2, 0.25) is 0 Å². The fourth-order valence-corrected chi connectivity index (χ4v) is 3.58. The van der Waals surface area contributed by atoms with Gasteiger partial charge in [-0.05, 0) is 75.4 Å². The summed E-state index contributed by atoms with van der Waals surface area (Å²) < 4.78 is 51.0. The number of hydrogen-bond donors (Lipinski definition) is 1. The van der Waals surface area contributed by atoms with Crippen LogP contribution in [0.1, 0.15) is 50.7 Å². The van der Waals surface area contributed by atoms with Gasteiger partial charge >= 0.3 is 18.4 Å². The fraction of sp³-hybridized carbons (Fsp3) is 0.417. The number of rotatable bonds is 3. The van der Waals surface area contributed by atoms with E-state index in [-0.39, 0.29) is 17.4 Å². The summed E-state index contributed by atoms with van der Waals surface area (Å²) in [5.41, 5.74) is -1.03. The average molecular weight is 464 g/mol. The van der Waals surface area contributed by atoms with Gasteiger partial charge in [-0.3, -0.25) is 5.32 Å². The van der Waals surface area contributed by atoms with Crippen LogP contribution in [-0.4, -0.2) is 35.8 Å². The number of benzene rings is 2. The van der Waals surface area contributed by atoms with Crippen LogP contribution in [0.25, 0.3) is 0 Å². The molecule has 0 spiro atoms. The summed E-state index contributed by atoms with van der Waals surface area (Å²) in [6, 6.07) is 11.7. The number of amides is 2. The maximum Gasteiger partial charge on any atom is 0.417 e. The van der Waals surface area contributed by atoms with E-state index in [9.17, 15) is 22.8 Å². The monoisotopic (exact) mass is 464 g/mol. The molecule has 6 nitrogen and oxygen atoms in total. The first kappa shape index (κ1) is 24.4. The van der Waals surface area contributed by atoms with Crippen molar-refractivity contribution in [1.82, 2.24) is 4.90 Å². The van der Waals surface area contributed by atoms with E-state index in [4.69, 9.17) is 9.47 Å². The Balaban J connectivity index is 1.73. The van der Waals surface area contributed by atoms with E-state index in [0.29, 0.717) is 31.5 Å². The number of carbonyl (C=O) groups is 2. The summed E-state index contributed by atoms with van der Waals surface area (Å²) in [7, 11) is 0. The number of nitrogens with zero attached hydrogens (tertiary/aromatic N) is 1. The number of para-hydroxylation sites is 1. The van der Waals surface area contributed by atoms with Crippen LogP contribution in [-0.2, 0) is 10.9 Å². The van der Waals surface area contributed by atoms with E-state index in [1.165, 1.54) is 6.07 Å². The highest BCUT2D eigenvalue weighted by molar-refractivity contribution is 5.86. The van der Waals surface area contributed by atoms with E-state index in [1.54, 1.807) is 56.0 Å². The third kappa shape index (κ3) is 7.13. The van der Waals surface area contributed by atoms with Crippen LogP contribution in [0.5, 0.6) is 5.75 Å². The van der Waals surface area contributed by atoms with Crippen molar-refractivity contribution in [1.29, 1.82) is 0 Å².